The summed E-state index contributed by atoms with van der Waals surface area (Å²) in [5.74, 6) is 1.44. The quantitative estimate of drug-likeness (QED) is 0.189. The third-order valence-corrected chi connectivity index (χ3v) is 11.0. The number of fused-ring (bicyclic) bond motifs is 7. The van der Waals surface area contributed by atoms with E-state index in [1.54, 1.807) is 0 Å². The number of hydrogen-bond acceptors (Lipinski definition) is 3. The summed E-state index contributed by atoms with van der Waals surface area (Å²) in [5.41, 5.74) is 12.4. The van der Waals surface area contributed by atoms with Crippen molar-refractivity contribution >= 4 is 55.4 Å². The second-order valence-electron chi connectivity index (χ2n) is 14.2. The van der Waals surface area contributed by atoms with E-state index in [1.165, 1.54) is 38.4 Å². The fourth-order valence-electron chi connectivity index (χ4n) is 8.47. The first-order valence-corrected chi connectivity index (χ1v) is 19.0. The summed E-state index contributed by atoms with van der Waals surface area (Å²) in [6, 6.07) is 71.0. The predicted molar refractivity (Wildman–Crippen MR) is 233 cm³/mol. The molecule has 5 nitrogen and oxygen atoms in total. The van der Waals surface area contributed by atoms with Crippen LogP contribution in [0.2, 0.25) is 0 Å². The molecular formula is C51H35N5. The Morgan fingerprint density at radius 1 is 0.411 bits per heavy atom. The van der Waals surface area contributed by atoms with Gasteiger partial charge < -0.3 is 9.88 Å². The lowest BCUT2D eigenvalue weighted by atomic mass is 9.98. The van der Waals surface area contributed by atoms with Crippen molar-refractivity contribution in [2.24, 2.45) is 9.98 Å². The van der Waals surface area contributed by atoms with E-state index < -0.39 is 0 Å². The Bertz CT molecular complexity index is 3140. The SMILES string of the molecule is c1ccc(C2=NC(n3c4ccccc4c4c5c6ccccc6n(-c6cc(-c7ccccc7)ccc6-c6ccccc6)c5ccc43)=NC(c3ccccc3)N2)cc1. The number of hydrogen-bond donors (Lipinski definition) is 1. The number of rotatable bonds is 5. The fourth-order valence-corrected chi connectivity index (χ4v) is 8.47. The molecule has 1 N–H and O–H groups in total. The van der Waals surface area contributed by atoms with Gasteiger partial charge in [0.2, 0.25) is 5.96 Å². The second kappa shape index (κ2) is 13.1. The zero-order valence-corrected chi connectivity index (χ0v) is 30.4. The number of benzene rings is 8. The highest BCUT2D eigenvalue weighted by Gasteiger charge is 2.26. The maximum atomic E-state index is 5.33. The van der Waals surface area contributed by atoms with E-state index >= 15 is 0 Å². The zero-order valence-electron chi connectivity index (χ0n) is 30.4. The van der Waals surface area contributed by atoms with Gasteiger partial charge in [-0.3, -0.25) is 4.57 Å². The van der Waals surface area contributed by atoms with Gasteiger partial charge in [-0.2, -0.15) is 4.99 Å². The minimum atomic E-state index is -0.311. The van der Waals surface area contributed by atoms with Crippen LogP contribution in [0.15, 0.2) is 210 Å². The number of amidine groups is 1. The Labute approximate surface area is 324 Å². The molecule has 1 unspecified atom stereocenters. The topological polar surface area (TPSA) is 46.6 Å². The van der Waals surface area contributed by atoms with Gasteiger partial charge in [-0.25, -0.2) is 4.99 Å². The maximum absolute atomic E-state index is 5.33. The molecule has 264 valence electrons. The predicted octanol–water partition coefficient (Wildman–Crippen LogP) is 12.2. The summed E-state index contributed by atoms with van der Waals surface area (Å²) >= 11 is 0. The minimum Gasteiger partial charge on any atom is -0.344 e. The van der Waals surface area contributed by atoms with Crippen LogP contribution in [0.5, 0.6) is 0 Å². The van der Waals surface area contributed by atoms with Gasteiger partial charge in [0.1, 0.15) is 12.0 Å². The Hall–Kier alpha value is -7.50. The fraction of sp³-hybridized carbons (Fsp3) is 0.0196. The van der Waals surface area contributed by atoms with Gasteiger partial charge in [0.05, 0.1) is 27.8 Å². The van der Waals surface area contributed by atoms with Crippen molar-refractivity contribution in [2.75, 3.05) is 0 Å². The van der Waals surface area contributed by atoms with Crippen LogP contribution in [0, 0.1) is 0 Å². The van der Waals surface area contributed by atoms with Crippen LogP contribution in [0.1, 0.15) is 17.3 Å². The van der Waals surface area contributed by atoms with E-state index in [2.05, 4.69) is 190 Å². The first-order chi connectivity index (χ1) is 27.8. The molecule has 1 atom stereocenters. The average Bonchev–Trinajstić information content (AvgIpc) is 3.80. The first kappa shape index (κ1) is 32.0. The summed E-state index contributed by atoms with van der Waals surface area (Å²) in [5, 5.41) is 8.38. The molecule has 0 saturated carbocycles. The largest absolute Gasteiger partial charge is 0.344 e. The second-order valence-corrected chi connectivity index (χ2v) is 14.2. The van der Waals surface area contributed by atoms with Crippen molar-refractivity contribution in [3.63, 3.8) is 0 Å². The van der Waals surface area contributed by atoms with E-state index in [1.807, 2.05) is 24.3 Å². The van der Waals surface area contributed by atoms with Crippen molar-refractivity contribution in [3.05, 3.63) is 211 Å². The molecule has 0 fully saturated rings. The highest BCUT2D eigenvalue weighted by atomic mass is 15.3. The molecule has 0 radical (unpaired) electrons. The number of aliphatic imine (C=N–C) groups is 2. The maximum Gasteiger partial charge on any atom is 0.234 e. The molecule has 3 heterocycles. The highest BCUT2D eigenvalue weighted by molar-refractivity contribution is 6.30. The summed E-state index contributed by atoms with van der Waals surface area (Å²) in [4.78, 5) is 10.6. The van der Waals surface area contributed by atoms with Crippen LogP contribution in [0.25, 0.3) is 71.6 Å². The van der Waals surface area contributed by atoms with E-state index in [0.717, 1.165) is 50.1 Å². The van der Waals surface area contributed by atoms with Crippen LogP contribution < -0.4 is 5.32 Å². The molecule has 11 rings (SSSR count). The summed E-state index contributed by atoms with van der Waals surface area (Å²) < 4.78 is 4.71. The summed E-state index contributed by atoms with van der Waals surface area (Å²) in [7, 11) is 0. The monoisotopic (exact) mass is 717 g/mol. The van der Waals surface area contributed by atoms with Crippen molar-refractivity contribution in [1.82, 2.24) is 14.5 Å². The first-order valence-electron chi connectivity index (χ1n) is 19.0. The summed E-state index contributed by atoms with van der Waals surface area (Å²) in [6.45, 7) is 0. The molecule has 8 aromatic carbocycles. The van der Waals surface area contributed by atoms with Gasteiger partial charge in [-0.05, 0) is 52.6 Å². The number of para-hydroxylation sites is 2. The molecular weight excluding hydrogens is 683 g/mol. The van der Waals surface area contributed by atoms with Crippen LogP contribution in [-0.2, 0) is 0 Å². The molecule has 0 amide bonds. The Kier molecular flexibility index (Phi) is 7.49. The molecule has 1 aliphatic rings. The lowest BCUT2D eigenvalue weighted by Crippen LogP contribution is -2.35. The van der Waals surface area contributed by atoms with E-state index in [-0.39, 0.29) is 6.17 Å². The van der Waals surface area contributed by atoms with Crippen LogP contribution >= 0.6 is 0 Å². The molecule has 5 heteroatoms. The van der Waals surface area contributed by atoms with E-state index in [9.17, 15) is 0 Å². The Morgan fingerprint density at radius 2 is 0.929 bits per heavy atom. The molecule has 0 bridgehead atoms. The average molecular weight is 718 g/mol. The van der Waals surface area contributed by atoms with Crippen molar-refractivity contribution in [1.29, 1.82) is 0 Å². The molecule has 0 aliphatic carbocycles. The zero-order chi connectivity index (χ0) is 37.0. The Morgan fingerprint density at radius 3 is 1.57 bits per heavy atom. The lowest BCUT2D eigenvalue weighted by Gasteiger charge is -2.24. The number of nitrogens with zero attached hydrogens (tertiary/aromatic N) is 4. The van der Waals surface area contributed by atoms with Gasteiger partial charge in [-0.1, -0.05) is 170 Å². The third kappa shape index (κ3) is 5.17. The molecule has 1 aliphatic heterocycles. The van der Waals surface area contributed by atoms with Gasteiger partial charge in [0.15, 0.2) is 0 Å². The molecule has 2 aromatic heterocycles. The van der Waals surface area contributed by atoms with Crippen molar-refractivity contribution in [2.45, 2.75) is 6.17 Å². The van der Waals surface area contributed by atoms with Crippen molar-refractivity contribution in [3.8, 4) is 27.9 Å². The molecule has 56 heavy (non-hydrogen) atoms. The third-order valence-electron chi connectivity index (χ3n) is 11.0. The van der Waals surface area contributed by atoms with Gasteiger partial charge in [0, 0.05) is 32.7 Å². The van der Waals surface area contributed by atoms with Crippen molar-refractivity contribution < 1.29 is 0 Å². The lowest BCUT2D eigenvalue weighted by molar-refractivity contribution is 0.668. The minimum absolute atomic E-state index is 0.311. The number of nitrogens with one attached hydrogen (secondary N) is 1. The van der Waals surface area contributed by atoms with Crippen LogP contribution in [-0.4, -0.2) is 20.9 Å². The smallest absolute Gasteiger partial charge is 0.234 e. The van der Waals surface area contributed by atoms with Gasteiger partial charge in [-0.15, -0.1) is 0 Å². The Balaban J connectivity index is 1.21. The number of aromatic nitrogens is 2. The highest BCUT2D eigenvalue weighted by Crippen LogP contribution is 2.43. The van der Waals surface area contributed by atoms with E-state index in [0.29, 0.717) is 5.96 Å². The van der Waals surface area contributed by atoms with E-state index in [4.69, 9.17) is 9.98 Å². The molecule has 0 saturated heterocycles. The standard InChI is InChI=1S/C51H35N5/c1-5-17-34(18-6-1)38-29-30-39(35-19-7-2-8-20-35)46(33-38)55-42-27-15-13-25-40(42)47-44(55)31-32-45-48(47)41-26-14-16-28-43(41)56(45)51-53-49(36-21-9-3-10-22-36)52-50(54-51)37-23-11-4-12-24-37/h1-33,49H,(H,52,53,54). The van der Waals surface area contributed by atoms with Crippen LogP contribution in [0.4, 0.5) is 0 Å². The molecule has 0 spiro atoms. The van der Waals surface area contributed by atoms with Crippen LogP contribution in [0.3, 0.4) is 0 Å². The van der Waals surface area contributed by atoms with Gasteiger partial charge in [0.25, 0.3) is 0 Å². The molecule has 10 aromatic rings. The summed E-state index contributed by atoms with van der Waals surface area (Å²) in [6.07, 6.45) is -0.311. The van der Waals surface area contributed by atoms with Gasteiger partial charge >= 0.3 is 0 Å². The normalized spacial score (nSPS) is 14.2.